The van der Waals surface area contributed by atoms with Gasteiger partial charge in [0.25, 0.3) is 0 Å². The number of ether oxygens (including phenoxy) is 2. The van der Waals surface area contributed by atoms with Gasteiger partial charge in [0, 0.05) is 31.2 Å². The van der Waals surface area contributed by atoms with Crippen molar-refractivity contribution in [1.29, 1.82) is 0 Å². The van der Waals surface area contributed by atoms with Crippen LogP contribution in [0.3, 0.4) is 0 Å². The standard InChI is InChI=1S/C21H23F3N2O3.ClH/c1-13(14-6-7-17(22)19(8-14)28-2)25-9-16-11-26(20(27)12-29-16)10-15-4-3-5-18(23)21(15)24;/h3-8,13,16,25H,9-12H2,1-2H3;1H/t13-,16?;/m1./s1. The molecule has 1 unspecified atom stereocenters. The molecule has 1 N–H and O–H groups in total. The van der Waals surface area contributed by atoms with Gasteiger partial charge in [-0.05, 0) is 30.7 Å². The predicted molar refractivity (Wildman–Crippen MR) is 108 cm³/mol. The molecule has 1 amide bonds. The first-order valence-corrected chi connectivity index (χ1v) is 9.28. The zero-order chi connectivity index (χ0) is 21.0. The normalized spacial score (nSPS) is 17.4. The van der Waals surface area contributed by atoms with E-state index in [0.717, 1.165) is 11.6 Å². The molecule has 0 aliphatic carbocycles. The fourth-order valence-corrected chi connectivity index (χ4v) is 3.20. The third-order valence-corrected chi connectivity index (χ3v) is 4.94. The van der Waals surface area contributed by atoms with Crippen LogP contribution in [0.2, 0.25) is 0 Å². The molecule has 1 saturated heterocycles. The molecule has 1 aliphatic rings. The minimum absolute atomic E-state index is 0. The third kappa shape index (κ3) is 5.65. The summed E-state index contributed by atoms with van der Waals surface area (Å²) < 4.78 is 51.5. The molecule has 5 nitrogen and oxygen atoms in total. The van der Waals surface area contributed by atoms with Crippen molar-refractivity contribution < 1.29 is 27.4 Å². The molecule has 1 aliphatic heterocycles. The highest BCUT2D eigenvalue weighted by molar-refractivity contribution is 5.85. The number of carbonyl (C=O) groups excluding carboxylic acids is 1. The number of nitrogens with one attached hydrogen (secondary N) is 1. The SMILES string of the molecule is COc1cc([C@@H](C)NCC2CN(Cc3cccc(F)c3F)C(=O)CO2)ccc1F.Cl. The molecule has 0 radical (unpaired) electrons. The van der Waals surface area contributed by atoms with Crippen LogP contribution < -0.4 is 10.1 Å². The summed E-state index contributed by atoms with van der Waals surface area (Å²) in [6.45, 7) is 2.45. The number of amides is 1. The molecule has 0 bridgehead atoms. The number of nitrogens with zero attached hydrogens (tertiary/aromatic N) is 1. The number of methoxy groups -OCH3 is 1. The van der Waals surface area contributed by atoms with Crippen LogP contribution in [0.4, 0.5) is 13.2 Å². The minimum Gasteiger partial charge on any atom is -0.494 e. The maximum atomic E-state index is 13.9. The van der Waals surface area contributed by atoms with Gasteiger partial charge in [0.2, 0.25) is 5.91 Å². The Morgan fingerprint density at radius 1 is 1.23 bits per heavy atom. The number of rotatable bonds is 7. The second kappa shape index (κ2) is 10.7. The summed E-state index contributed by atoms with van der Waals surface area (Å²) in [5, 5.41) is 3.28. The highest BCUT2D eigenvalue weighted by Crippen LogP contribution is 2.23. The fraction of sp³-hybridized carbons (Fsp3) is 0.381. The number of halogens is 4. The van der Waals surface area contributed by atoms with Crippen molar-refractivity contribution in [2.75, 3.05) is 26.8 Å². The van der Waals surface area contributed by atoms with Crippen molar-refractivity contribution in [3.05, 3.63) is 65.0 Å². The lowest BCUT2D eigenvalue weighted by Crippen LogP contribution is -2.49. The van der Waals surface area contributed by atoms with Gasteiger partial charge in [0.1, 0.15) is 6.61 Å². The van der Waals surface area contributed by atoms with Gasteiger partial charge >= 0.3 is 0 Å². The molecule has 2 aromatic carbocycles. The molecule has 9 heteroatoms. The average Bonchev–Trinajstić information content (AvgIpc) is 2.72. The van der Waals surface area contributed by atoms with Crippen LogP contribution in [0.15, 0.2) is 36.4 Å². The molecule has 3 rings (SSSR count). The summed E-state index contributed by atoms with van der Waals surface area (Å²) in [5.41, 5.74) is 0.965. The first-order valence-electron chi connectivity index (χ1n) is 9.28. The summed E-state index contributed by atoms with van der Waals surface area (Å²) >= 11 is 0. The molecule has 0 aromatic heterocycles. The van der Waals surface area contributed by atoms with Crippen LogP contribution in [0.5, 0.6) is 5.75 Å². The number of benzene rings is 2. The summed E-state index contributed by atoms with van der Waals surface area (Å²) in [5.74, 6) is -2.43. The predicted octanol–water partition coefficient (Wildman–Crippen LogP) is 3.61. The molecule has 1 heterocycles. The molecule has 0 spiro atoms. The fourth-order valence-electron chi connectivity index (χ4n) is 3.20. The highest BCUT2D eigenvalue weighted by Gasteiger charge is 2.27. The Balaban J connectivity index is 0.00000320. The molecule has 2 atom stereocenters. The van der Waals surface area contributed by atoms with Gasteiger partial charge in [-0.1, -0.05) is 18.2 Å². The van der Waals surface area contributed by atoms with E-state index in [2.05, 4.69) is 5.32 Å². The first-order chi connectivity index (χ1) is 13.9. The average molecular weight is 445 g/mol. The molecule has 30 heavy (non-hydrogen) atoms. The molecule has 2 aromatic rings. The monoisotopic (exact) mass is 444 g/mol. The maximum Gasteiger partial charge on any atom is 0.248 e. The molecule has 164 valence electrons. The van der Waals surface area contributed by atoms with Crippen molar-refractivity contribution in [2.45, 2.75) is 25.6 Å². The Hall–Kier alpha value is -2.29. The van der Waals surface area contributed by atoms with E-state index in [1.54, 1.807) is 12.1 Å². The number of hydrogen-bond acceptors (Lipinski definition) is 4. The van der Waals surface area contributed by atoms with Gasteiger partial charge in [-0.2, -0.15) is 0 Å². The van der Waals surface area contributed by atoms with Gasteiger partial charge in [0.05, 0.1) is 13.2 Å². The Labute approximate surface area is 179 Å². The van der Waals surface area contributed by atoms with Crippen molar-refractivity contribution in [3.63, 3.8) is 0 Å². The second-order valence-electron chi connectivity index (χ2n) is 6.94. The van der Waals surface area contributed by atoms with E-state index in [4.69, 9.17) is 9.47 Å². The largest absolute Gasteiger partial charge is 0.494 e. The van der Waals surface area contributed by atoms with Crippen LogP contribution in [0.25, 0.3) is 0 Å². The summed E-state index contributed by atoms with van der Waals surface area (Å²) in [6, 6.07) is 8.43. The Morgan fingerprint density at radius 3 is 2.73 bits per heavy atom. The van der Waals surface area contributed by atoms with Crippen LogP contribution in [-0.4, -0.2) is 43.7 Å². The number of carbonyl (C=O) groups is 1. The van der Waals surface area contributed by atoms with Gasteiger partial charge in [0.15, 0.2) is 23.2 Å². The molecule has 1 fully saturated rings. The topological polar surface area (TPSA) is 50.8 Å². The smallest absolute Gasteiger partial charge is 0.248 e. The van der Waals surface area contributed by atoms with E-state index >= 15 is 0 Å². The second-order valence-corrected chi connectivity index (χ2v) is 6.94. The van der Waals surface area contributed by atoms with E-state index in [1.165, 1.54) is 30.2 Å². The molecular formula is C21H24ClF3N2O3. The van der Waals surface area contributed by atoms with Gasteiger partial charge < -0.3 is 19.7 Å². The summed E-state index contributed by atoms with van der Waals surface area (Å²) in [6.07, 6.45) is -0.311. The Kier molecular flexibility index (Phi) is 8.52. The van der Waals surface area contributed by atoms with E-state index in [1.807, 2.05) is 6.92 Å². The van der Waals surface area contributed by atoms with E-state index in [9.17, 15) is 18.0 Å². The van der Waals surface area contributed by atoms with E-state index < -0.39 is 17.5 Å². The van der Waals surface area contributed by atoms with Crippen LogP contribution in [-0.2, 0) is 16.1 Å². The highest BCUT2D eigenvalue weighted by atomic mass is 35.5. The Morgan fingerprint density at radius 2 is 2.00 bits per heavy atom. The van der Waals surface area contributed by atoms with E-state index in [0.29, 0.717) is 6.54 Å². The lowest BCUT2D eigenvalue weighted by atomic mass is 10.1. The zero-order valence-electron chi connectivity index (χ0n) is 16.7. The van der Waals surface area contributed by atoms with E-state index in [-0.39, 0.29) is 61.5 Å². The van der Waals surface area contributed by atoms with Gasteiger partial charge in [-0.3, -0.25) is 4.79 Å². The lowest BCUT2D eigenvalue weighted by Gasteiger charge is -2.33. The maximum absolute atomic E-state index is 13.9. The zero-order valence-corrected chi connectivity index (χ0v) is 17.5. The van der Waals surface area contributed by atoms with Crippen molar-refractivity contribution >= 4 is 18.3 Å². The van der Waals surface area contributed by atoms with Gasteiger partial charge in [-0.15, -0.1) is 12.4 Å². The van der Waals surface area contributed by atoms with Crippen molar-refractivity contribution in [1.82, 2.24) is 10.2 Å². The Bertz CT molecular complexity index is 885. The summed E-state index contributed by atoms with van der Waals surface area (Å²) in [7, 11) is 1.41. The number of hydrogen-bond donors (Lipinski definition) is 1. The van der Waals surface area contributed by atoms with Crippen molar-refractivity contribution in [2.24, 2.45) is 0 Å². The van der Waals surface area contributed by atoms with Crippen molar-refractivity contribution in [3.8, 4) is 5.75 Å². The van der Waals surface area contributed by atoms with Crippen LogP contribution >= 0.6 is 12.4 Å². The minimum atomic E-state index is -0.944. The third-order valence-electron chi connectivity index (χ3n) is 4.94. The van der Waals surface area contributed by atoms with Crippen LogP contribution in [0, 0.1) is 17.5 Å². The summed E-state index contributed by atoms with van der Waals surface area (Å²) in [4.78, 5) is 13.6. The van der Waals surface area contributed by atoms with Crippen LogP contribution in [0.1, 0.15) is 24.1 Å². The van der Waals surface area contributed by atoms with Gasteiger partial charge in [-0.25, -0.2) is 13.2 Å². The lowest BCUT2D eigenvalue weighted by molar-refractivity contribution is -0.149. The quantitative estimate of drug-likeness (QED) is 0.708. The first kappa shape index (κ1) is 24.0. The molecule has 0 saturated carbocycles. The molecular weight excluding hydrogens is 421 g/mol. The number of morpholine rings is 1.